The van der Waals surface area contributed by atoms with E-state index in [0.29, 0.717) is 13.0 Å². The maximum atomic E-state index is 11.5. The van der Waals surface area contributed by atoms with E-state index in [1.54, 1.807) is 0 Å². The molecule has 0 aromatic heterocycles. The van der Waals surface area contributed by atoms with E-state index in [2.05, 4.69) is 6.92 Å². The fourth-order valence-electron chi connectivity index (χ4n) is 3.92. The zero-order valence-corrected chi connectivity index (χ0v) is 23.8. The van der Waals surface area contributed by atoms with E-state index in [1.807, 2.05) is 36.6 Å². The Labute approximate surface area is 220 Å². The van der Waals surface area contributed by atoms with Crippen molar-refractivity contribution in [2.45, 2.75) is 103 Å². The van der Waals surface area contributed by atoms with Gasteiger partial charge in [0.05, 0.1) is 26.8 Å². The molecule has 0 saturated carbocycles. The quantitative estimate of drug-likeness (QED) is 0.102. The first-order chi connectivity index (χ1) is 17.5. The summed E-state index contributed by atoms with van der Waals surface area (Å²) in [4.78, 5) is 21.3. The Balaban J connectivity index is 2.18. The lowest BCUT2D eigenvalue weighted by Gasteiger charge is -2.19. The molecule has 208 valence electrons. The molecule has 0 bridgehead atoms. The van der Waals surface area contributed by atoms with Gasteiger partial charge < -0.3 is 28.7 Å². The number of likely N-dealkylation sites (N-methyl/N-ethyl adjacent to an activating group) is 1. The number of nitrogens with two attached hydrogens (primary N) is 1. The highest BCUT2D eigenvalue weighted by Gasteiger charge is 2.17. The third kappa shape index (κ3) is 18.9. The van der Waals surface area contributed by atoms with Crippen LogP contribution in [0.25, 0.3) is 0 Å². The number of carbonyl (C=O) groups excluding carboxylic acids is 1. The lowest BCUT2D eigenvalue weighted by atomic mass is 10.1. The van der Waals surface area contributed by atoms with E-state index >= 15 is 0 Å². The largest absolute Gasteiger partial charge is 0.494 e. The van der Waals surface area contributed by atoms with Gasteiger partial charge in [-0.05, 0) is 24.1 Å². The van der Waals surface area contributed by atoms with Crippen LogP contribution in [-0.2, 0) is 25.0 Å². The third-order valence-electron chi connectivity index (χ3n) is 5.97. The topological polar surface area (TPSA) is 90.8 Å². The van der Waals surface area contributed by atoms with Crippen molar-refractivity contribution in [2.24, 2.45) is 0 Å². The second kappa shape index (κ2) is 22.9. The van der Waals surface area contributed by atoms with Gasteiger partial charge in [-0.15, -0.1) is 0 Å². The predicted octanol–water partition coefficient (Wildman–Crippen LogP) is 5.69. The summed E-state index contributed by atoms with van der Waals surface area (Å²) in [6, 6.07) is 7.85. The van der Waals surface area contributed by atoms with Gasteiger partial charge in [0.15, 0.2) is 0 Å². The Kier molecular flexibility index (Phi) is 20.9. The average molecular weight is 529 g/mol. The molecule has 1 aromatic rings. The zero-order chi connectivity index (χ0) is 26.3. The fraction of sp³-hybridized carbons (Fsp3) is 0.750. The molecule has 2 atom stereocenters. The number of ether oxygens (including phenoxy) is 2. The SMILES string of the molecule is CCCCCCCCCCCCCCOc1ccc(CC(COP(O)OCC[NH2+]C)OC(C)=O)cc1. The minimum Gasteiger partial charge on any atom is -0.494 e. The van der Waals surface area contributed by atoms with E-state index in [4.69, 9.17) is 18.5 Å². The first-order valence-electron chi connectivity index (χ1n) is 14.0. The van der Waals surface area contributed by atoms with Gasteiger partial charge in [-0.1, -0.05) is 89.7 Å². The molecule has 0 aliphatic rings. The molecule has 2 unspecified atom stereocenters. The van der Waals surface area contributed by atoms with Crippen LogP contribution in [0.4, 0.5) is 0 Å². The second-order valence-corrected chi connectivity index (χ2v) is 10.4. The summed E-state index contributed by atoms with van der Waals surface area (Å²) < 4.78 is 21.8. The molecule has 1 aromatic carbocycles. The minimum absolute atomic E-state index is 0.0782. The van der Waals surface area contributed by atoms with Crippen LogP contribution in [-0.4, -0.2) is 50.4 Å². The fourth-order valence-corrected chi connectivity index (χ4v) is 4.55. The van der Waals surface area contributed by atoms with Crippen molar-refractivity contribution in [3.63, 3.8) is 0 Å². The lowest BCUT2D eigenvalue weighted by molar-refractivity contribution is -0.627. The highest BCUT2D eigenvalue weighted by Crippen LogP contribution is 2.32. The van der Waals surface area contributed by atoms with Crippen LogP contribution in [0, 0.1) is 0 Å². The lowest BCUT2D eigenvalue weighted by Crippen LogP contribution is -2.80. The molecule has 1 rings (SSSR count). The highest BCUT2D eigenvalue weighted by molar-refractivity contribution is 7.40. The van der Waals surface area contributed by atoms with Gasteiger partial charge >= 0.3 is 14.6 Å². The molecule has 0 aliphatic carbocycles. The minimum atomic E-state index is -1.98. The highest BCUT2D eigenvalue weighted by atomic mass is 31.2. The van der Waals surface area contributed by atoms with Gasteiger partial charge in [0, 0.05) is 13.3 Å². The molecular weight excluding hydrogens is 477 g/mol. The van der Waals surface area contributed by atoms with E-state index < -0.39 is 14.7 Å². The van der Waals surface area contributed by atoms with Gasteiger partial charge in [0.1, 0.15) is 18.5 Å². The first-order valence-corrected chi connectivity index (χ1v) is 15.1. The average Bonchev–Trinajstić information content (AvgIpc) is 2.86. The number of hydrogen-bond acceptors (Lipinski definition) is 6. The van der Waals surface area contributed by atoms with Gasteiger partial charge in [0.2, 0.25) is 0 Å². The van der Waals surface area contributed by atoms with Crippen molar-refractivity contribution in [1.29, 1.82) is 0 Å². The van der Waals surface area contributed by atoms with Gasteiger partial charge in [-0.25, -0.2) is 0 Å². The van der Waals surface area contributed by atoms with E-state index in [0.717, 1.165) is 30.9 Å². The normalized spacial score (nSPS) is 12.9. The smallest absolute Gasteiger partial charge is 0.330 e. The van der Waals surface area contributed by atoms with Crippen molar-refractivity contribution >= 4 is 14.6 Å². The number of hydrogen-bond donors (Lipinski definition) is 2. The van der Waals surface area contributed by atoms with Crippen molar-refractivity contribution in [2.75, 3.05) is 33.4 Å². The molecule has 0 spiro atoms. The molecule has 0 amide bonds. The molecule has 0 heterocycles. The van der Waals surface area contributed by atoms with Crippen LogP contribution < -0.4 is 10.1 Å². The van der Waals surface area contributed by atoms with E-state index in [1.165, 1.54) is 77.6 Å². The molecule has 0 saturated heterocycles. The summed E-state index contributed by atoms with van der Waals surface area (Å²) in [7, 11) is -0.0529. The van der Waals surface area contributed by atoms with Crippen molar-refractivity contribution in [3.05, 3.63) is 29.8 Å². The third-order valence-corrected chi connectivity index (χ3v) is 6.74. The maximum absolute atomic E-state index is 11.5. The molecule has 36 heavy (non-hydrogen) atoms. The van der Waals surface area contributed by atoms with Crippen LogP contribution in [0.5, 0.6) is 5.75 Å². The molecule has 0 radical (unpaired) electrons. The Hall–Kier alpha value is -1.24. The van der Waals surface area contributed by atoms with Crippen molar-refractivity contribution in [1.82, 2.24) is 0 Å². The Morgan fingerprint density at radius 2 is 1.47 bits per heavy atom. The van der Waals surface area contributed by atoms with Gasteiger partial charge in [-0.2, -0.15) is 0 Å². The van der Waals surface area contributed by atoms with Crippen LogP contribution in [0.2, 0.25) is 0 Å². The second-order valence-electron chi connectivity index (χ2n) is 9.38. The Morgan fingerprint density at radius 3 is 2.03 bits per heavy atom. The Bertz CT molecular complexity index is 645. The summed E-state index contributed by atoms with van der Waals surface area (Å²) in [5.74, 6) is 0.469. The van der Waals surface area contributed by atoms with Gasteiger partial charge in [0.25, 0.3) is 0 Å². The number of benzene rings is 1. The number of carbonyl (C=O) groups is 1. The molecule has 0 fully saturated rings. The standard InChI is InChI=1S/C28H50NO6P/c1-4-5-6-7-8-9-10-11-12-13-14-15-21-32-27-18-16-26(17-19-27)23-28(35-25(2)30)24-34-36(31)33-22-20-29-3/h16-19,28-29,31H,4-15,20-24H2,1-3H3/p+1. The molecule has 7 nitrogen and oxygen atoms in total. The predicted molar refractivity (Wildman–Crippen MR) is 146 cm³/mol. The van der Waals surface area contributed by atoms with Crippen molar-refractivity contribution < 1.29 is 33.5 Å². The summed E-state index contributed by atoms with van der Waals surface area (Å²) in [5, 5.41) is 1.96. The first kappa shape index (κ1) is 32.8. The summed E-state index contributed by atoms with van der Waals surface area (Å²) in [6.07, 6.45) is 16.0. The summed E-state index contributed by atoms with van der Waals surface area (Å²) in [6.45, 7) is 5.59. The molecule has 8 heteroatoms. The number of rotatable bonds is 24. The van der Waals surface area contributed by atoms with Gasteiger partial charge in [-0.3, -0.25) is 4.79 Å². The molecule has 3 N–H and O–H groups in total. The van der Waals surface area contributed by atoms with E-state index in [9.17, 15) is 9.69 Å². The van der Waals surface area contributed by atoms with Crippen molar-refractivity contribution in [3.8, 4) is 5.75 Å². The monoisotopic (exact) mass is 528 g/mol. The maximum Gasteiger partial charge on any atom is 0.330 e. The number of esters is 1. The summed E-state index contributed by atoms with van der Waals surface area (Å²) >= 11 is 0. The van der Waals surface area contributed by atoms with Crippen LogP contribution in [0.3, 0.4) is 0 Å². The van der Waals surface area contributed by atoms with Crippen LogP contribution in [0.1, 0.15) is 96.5 Å². The van der Waals surface area contributed by atoms with Crippen LogP contribution >= 0.6 is 8.60 Å². The van der Waals surface area contributed by atoms with E-state index in [-0.39, 0.29) is 12.6 Å². The number of unbranched alkanes of at least 4 members (excludes halogenated alkanes) is 11. The molecular formula is C28H51NO6P+. The zero-order valence-electron chi connectivity index (χ0n) is 22.9. The van der Waals surface area contributed by atoms with Crippen LogP contribution in [0.15, 0.2) is 24.3 Å². The summed E-state index contributed by atoms with van der Waals surface area (Å²) in [5.41, 5.74) is 1.01. The Morgan fingerprint density at radius 1 is 0.889 bits per heavy atom. The number of quaternary nitrogens is 1. The molecule has 0 aliphatic heterocycles.